The molecule has 0 amide bonds. The molecule has 0 heterocycles. The highest BCUT2D eigenvalue weighted by Crippen LogP contribution is 2.30. The summed E-state index contributed by atoms with van der Waals surface area (Å²) in [6.45, 7) is 5.28. The monoisotopic (exact) mass is 360 g/mol. The second-order valence-corrected chi connectivity index (χ2v) is 5.89. The molecule has 23 heavy (non-hydrogen) atoms. The molecule has 1 aromatic rings. The van der Waals surface area contributed by atoms with E-state index in [4.69, 9.17) is 11.6 Å². The van der Waals surface area contributed by atoms with Crippen LogP contribution in [0.2, 0.25) is 5.02 Å². The molecule has 0 aliphatic rings. The lowest BCUT2D eigenvalue weighted by atomic mass is 10.2. The van der Waals surface area contributed by atoms with Crippen LogP contribution in [-0.2, 0) is 0 Å². The first-order valence-electron chi connectivity index (χ1n) is 6.74. The van der Waals surface area contributed by atoms with Gasteiger partial charge in [-0.1, -0.05) is 30.7 Å². The number of aliphatic imine (C=N–C) groups is 2. The Labute approximate surface area is 142 Å². The van der Waals surface area contributed by atoms with E-state index in [1.165, 1.54) is 6.21 Å². The fourth-order valence-corrected chi connectivity index (χ4v) is 2.77. The SMILES string of the molecule is C=N/C=C(\C=C\C(F)(F)F)/N=C/c1cccc(Cl)c1SCCC. The van der Waals surface area contributed by atoms with Gasteiger partial charge in [-0.2, -0.15) is 13.2 Å². The highest BCUT2D eigenvalue weighted by molar-refractivity contribution is 7.99. The number of nitrogens with zero attached hydrogens (tertiary/aromatic N) is 2. The van der Waals surface area contributed by atoms with Crippen LogP contribution in [0.5, 0.6) is 0 Å². The van der Waals surface area contributed by atoms with E-state index in [-0.39, 0.29) is 11.8 Å². The Morgan fingerprint density at radius 2 is 2.13 bits per heavy atom. The van der Waals surface area contributed by atoms with Gasteiger partial charge in [-0.3, -0.25) is 9.98 Å². The largest absolute Gasteiger partial charge is 0.409 e. The van der Waals surface area contributed by atoms with Crippen molar-refractivity contribution in [3.05, 3.63) is 52.8 Å². The summed E-state index contributed by atoms with van der Waals surface area (Å²) in [4.78, 5) is 8.36. The molecular weight excluding hydrogens is 345 g/mol. The number of thioether (sulfide) groups is 1. The van der Waals surface area contributed by atoms with E-state index in [0.29, 0.717) is 5.02 Å². The normalized spacial score (nSPS) is 13.2. The maximum absolute atomic E-state index is 12.2. The van der Waals surface area contributed by atoms with Crippen molar-refractivity contribution in [3.63, 3.8) is 0 Å². The summed E-state index contributed by atoms with van der Waals surface area (Å²) < 4.78 is 36.7. The number of hydrogen-bond donors (Lipinski definition) is 0. The number of hydrogen-bond acceptors (Lipinski definition) is 3. The Morgan fingerprint density at radius 1 is 1.39 bits per heavy atom. The van der Waals surface area contributed by atoms with E-state index in [0.717, 1.165) is 34.9 Å². The molecule has 124 valence electrons. The van der Waals surface area contributed by atoms with Gasteiger partial charge in [0.15, 0.2) is 0 Å². The predicted molar refractivity (Wildman–Crippen MR) is 92.9 cm³/mol. The molecule has 0 aliphatic carbocycles. The topological polar surface area (TPSA) is 24.7 Å². The first-order valence-corrected chi connectivity index (χ1v) is 8.11. The van der Waals surface area contributed by atoms with Gasteiger partial charge in [0.2, 0.25) is 0 Å². The minimum atomic E-state index is -4.41. The van der Waals surface area contributed by atoms with Crippen LogP contribution in [0.4, 0.5) is 13.2 Å². The molecule has 0 saturated carbocycles. The van der Waals surface area contributed by atoms with Crippen molar-refractivity contribution in [2.45, 2.75) is 24.4 Å². The Bertz CT molecular complexity index is 622. The standard InChI is InChI=1S/C16H16ClF3N2S/c1-3-9-23-15-12(5-4-6-14(15)17)10-22-13(11-21-2)7-8-16(18,19)20/h4-8,10-11H,2-3,9H2,1H3/b8-7+,13-11+,22-10+. The van der Waals surface area contributed by atoms with E-state index < -0.39 is 6.18 Å². The maximum Gasteiger partial charge on any atom is 0.409 e. The third-order valence-corrected chi connectivity index (χ3v) is 4.25. The van der Waals surface area contributed by atoms with Gasteiger partial charge in [0.25, 0.3) is 0 Å². The number of alkyl halides is 3. The highest BCUT2D eigenvalue weighted by Gasteiger charge is 2.21. The molecule has 0 bridgehead atoms. The molecule has 0 unspecified atom stereocenters. The summed E-state index contributed by atoms with van der Waals surface area (Å²) in [5.41, 5.74) is 0.787. The van der Waals surface area contributed by atoms with Crippen molar-refractivity contribution in [1.29, 1.82) is 0 Å². The zero-order valence-corrected chi connectivity index (χ0v) is 14.0. The van der Waals surface area contributed by atoms with Crippen molar-refractivity contribution in [1.82, 2.24) is 0 Å². The molecule has 0 atom stereocenters. The van der Waals surface area contributed by atoms with Crippen LogP contribution < -0.4 is 0 Å². The second kappa shape index (κ2) is 9.57. The summed E-state index contributed by atoms with van der Waals surface area (Å²) in [6, 6.07) is 5.34. The van der Waals surface area contributed by atoms with Gasteiger partial charge in [-0.25, -0.2) is 0 Å². The van der Waals surface area contributed by atoms with Crippen LogP contribution in [0.25, 0.3) is 0 Å². The molecule has 7 heteroatoms. The lowest BCUT2D eigenvalue weighted by Gasteiger charge is -2.07. The van der Waals surface area contributed by atoms with Crippen LogP contribution in [0, 0.1) is 0 Å². The first kappa shape index (κ1) is 19.5. The first-order chi connectivity index (χ1) is 10.9. The van der Waals surface area contributed by atoms with Gasteiger partial charge in [0.1, 0.15) is 0 Å². The second-order valence-electron chi connectivity index (χ2n) is 4.38. The number of rotatable bonds is 7. The summed E-state index contributed by atoms with van der Waals surface area (Å²) in [5.74, 6) is 0.884. The van der Waals surface area contributed by atoms with E-state index >= 15 is 0 Å². The molecule has 0 fully saturated rings. The fraction of sp³-hybridized carbons (Fsp3) is 0.250. The predicted octanol–water partition coefficient (Wildman–Crippen LogP) is 5.92. The Morgan fingerprint density at radius 3 is 2.74 bits per heavy atom. The van der Waals surface area contributed by atoms with Gasteiger partial charge in [-0.15, -0.1) is 11.8 Å². The molecule has 0 aromatic heterocycles. The molecule has 0 saturated heterocycles. The zero-order chi connectivity index (χ0) is 17.3. The van der Waals surface area contributed by atoms with Crippen LogP contribution >= 0.6 is 23.4 Å². The highest BCUT2D eigenvalue weighted by atomic mass is 35.5. The summed E-state index contributed by atoms with van der Waals surface area (Å²) in [7, 11) is 0. The molecule has 1 aromatic carbocycles. The van der Waals surface area contributed by atoms with Gasteiger partial charge in [0, 0.05) is 22.7 Å². The average Bonchev–Trinajstić information content (AvgIpc) is 2.48. The minimum Gasteiger partial charge on any atom is -0.270 e. The van der Waals surface area contributed by atoms with E-state index in [9.17, 15) is 13.2 Å². The van der Waals surface area contributed by atoms with Crippen molar-refractivity contribution in [3.8, 4) is 0 Å². The van der Waals surface area contributed by atoms with Crippen LogP contribution in [0.3, 0.4) is 0 Å². The molecule has 0 aliphatic heterocycles. The lowest BCUT2D eigenvalue weighted by molar-refractivity contribution is -0.0798. The van der Waals surface area contributed by atoms with E-state index in [2.05, 4.69) is 23.6 Å². The number of halogens is 4. The van der Waals surface area contributed by atoms with Crippen molar-refractivity contribution in [2.24, 2.45) is 9.98 Å². The third kappa shape index (κ3) is 7.52. The average molecular weight is 361 g/mol. The van der Waals surface area contributed by atoms with Gasteiger partial charge in [0.05, 0.1) is 16.9 Å². The minimum absolute atomic E-state index is 0.0451. The van der Waals surface area contributed by atoms with Gasteiger partial charge >= 0.3 is 6.18 Å². The summed E-state index contributed by atoms with van der Waals surface area (Å²) >= 11 is 7.75. The summed E-state index contributed by atoms with van der Waals surface area (Å²) in [5, 5.41) is 0.589. The fourth-order valence-electron chi connectivity index (χ4n) is 1.52. The Kier molecular flexibility index (Phi) is 8.12. The van der Waals surface area contributed by atoms with Crippen LogP contribution in [-0.4, -0.2) is 24.9 Å². The van der Waals surface area contributed by atoms with Crippen LogP contribution in [0.1, 0.15) is 18.9 Å². The van der Waals surface area contributed by atoms with E-state index in [1.54, 1.807) is 30.0 Å². The van der Waals surface area contributed by atoms with Crippen LogP contribution in [0.15, 0.2) is 57.1 Å². The number of benzene rings is 1. The molecule has 0 N–H and O–H groups in total. The maximum atomic E-state index is 12.2. The lowest BCUT2D eigenvalue weighted by Crippen LogP contribution is -2.00. The Hall–Kier alpha value is -1.53. The zero-order valence-electron chi connectivity index (χ0n) is 12.5. The quantitative estimate of drug-likeness (QED) is 0.336. The molecule has 0 radical (unpaired) electrons. The third-order valence-electron chi connectivity index (χ3n) is 2.47. The summed E-state index contributed by atoms with van der Waals surface area (Å²) in [6.07, 6.45) is 0.144. The Balaban J connectivity index is 3.05. The van der Waals surface area contributed by atoms with Crippen molar-refractivity contribution >= 4 is 36.3 Å². The molecule has 1 rings (SSSR count). The van der Waals surface area contributed by atoms with Crippen molar-refractivity contribution < 1.29 is 13.2 Å². The smallest absolute Gasteiger partial charge is 0.270 e. The molecule has 2 nitrogen and oxygen atoms in total. The van der Waals surface area contributed by atoms with E-state index in [1.807, 2.05) is 0 Å². The van der Waals surface area contributed by atoms with Gasteiger partial charge in [-0.05, 0) is 31.0 Å². The molecule has 0 spiro atoms. The van der Waals surface area contributed by atoms with Crippen molar-refractivity contribution in [2.75, 3.05) is 5.75 Å². The number of allylic oxidation sites excluding steroid dienone is 2. The van der Waals surface area contributed by atoms with Gasteiger partial charge < -0.3 is 0 Å². The molecular formula is C16H16ClF3N2S.